The minimum Gasteiger partial charge on any atom is -0.483 e. The Bertz CT molecular complexity index is 1150. The van der Waals surface area contributed by atoms with Crippen molar-refractivity contribution in [2.45, 2.75) is 46.2 Å². The fourth-order valence-corrected chi connectivity index (χ4v) is 4.55. The van der Waals surface area contributed by atoms with Crippen molar-refractivity contribution in [3.8, 4) is 5.75 Å². The molecule has 1 amide bonds. The zero-order valence-electron chi connectivity index (χ0n) is 20.1. The minimum atomic E-state index is 0.0103. The van der Waals surface area contributed by atoms with E-state index in [9.17, 15) is 4.79 Å². The molecule has 0 atom stereocenters. The van der Waals surface area contributed by atoms with E-state index >= 15 is 0 Å². The van der Waals surface area contributed by atoms with Gasteiger partial charge >= 0.3 is 0 Å². The van der Waals surface area contributed by atoms with Gasteiger partial charge in [-0.3, -0.25) is 14.7 Å². The molecule has 0 spiro atoms. The van der Waals surface area contributed by atoms with Crippen molar-refractivity contribution in [1.82, 2.24) is 14.8 Å². The van der Waals surface area contributed by atoms with E-state index in [2.05, 4.69) is 29.2 Å². The number of carbonyl (C=O) groups is 1. The molecule has 1 aliphatic rings. The maximum atomic E-state index is 12.8. The molecule has 0 bridgehead atoms. The van der Waals surface area contributed by atoms with Crippen LogP contribution in [0.4, 0.5) is 5.69 Å². The number of piperidine rings is 1. The third-order valence-electron chi connectivity index (χ3n) is 7.00. The highest BCUT2D eigenvalue weighted by Crippen LogP contribution is 2.29. The summed E-state index contributed by atoms with van der Waals surface area (Å²) < 4.78 is 5.90. The van der Waals surface area contributed by atoms with Gasteiger partial charge in [-0.15, -0.1) is 0 Å². The molecule has 3 aromatic rings. The maximum Gasteiger partial charge on any atom is 0.260 e. The van der Waals surface area contributed by atoms with Gasteiger partial charge in [0.15, 0.2) is 6.61 Å². The van der Waals surface area contributed by atoms with Crippen LogP contribution in [0.5, 0.6) is 5.75 Å². The molecular formula is C27H34N4O2. The number of nitrogens with zero attached hydrogens (tertiary/aromatic N) is 3. The van der Waals surface area contributed by atoms with Crippen molar-refractivity contribution in [3.63, 3.8) is 0 Å². The van der Waals surface area contributed by atoms with Crippen molar-refractivity contribution < 1.29 is 9.53 Å². The van der Waals surface area contributed by atoms with E-state index in [0.717, 1.165) is 71.8 Å². The summed E-state index contributed by atoms with van der Waals surface area (Å²) in [5, 5.41) is 1.17. The van der Waals surface area contributed by atoms with Crippen LogP contribution in [-0.2, 0) is 11.3 Å². The number of amides is 1. The van der Waals surface area contributed by atoms with Crippen LogP contribution in [0, 0.1) is 20.8 Å². The van der Waals surface area contributed by atoms with Gasteiger partial charge in [0.1, 0.15) is 5.75 Å². The van der Waals surface area contributed by atoms with Crippen LogP contribution in [0.1, 0.15) is 35.2 Å². The lowest BCUT2D eigenvalue weighted by molar-refractivity contribution is -0.135. The fourth-order valence-electron chi connectivity index (χ4n) is 4.55. The van der Waals surface area contributed by atoms with E-state index in [0.29, 0.717) is 0 Å². The Morgan fingerprint density at radius 1 is 1.12 bits per heavy atom. The highest BCUT2D eigenvalue weighted by atomic mass is 16.5. The monoisotopic (exact) mass is 446 g/mol. The largest absolute Gasteiger partial charge is 0.483 e. The van der Waals surface area contributed by atoms with Crippen LogP contribution >= 0.6 is 0 Å². The number of aryl methyl sites for hydroxylation is 1. The number of likely N-dealkylation sites (tertiary alicyclic amines) is 1. The Morgan fingerprint density at radius 2 is 1.85 bits per heavy atom. The third-order valence-corrected chi connectivity index (χ3v) is 7.00. The predicted octanol–water partition coefficient (Wildman–Crippen LogP) is 4.24. The predicted molar refractivity (Wildman–Crippen MR) is 133 cm³/mol. The normalized spacial score (nSPS) is 15.0. The SMILES string of the molecule is Cc1cc(OCC(=O)N(C)C2CCN(Cc3ccc4ccccc4n3)CC2)c(C)c(C)c1N. The molecule has 33 heavy (non-hydrogen) atoms. The summed E-state index contributed by atoms with van der Waals surface area (Å²) in [4.78, 5) is 21.9. The first kappa shape index (κ1) is 23.1. The lowest BCUT2D eigenvalue weighted by Crippen LogP contribution is -2.46. The van der Waals surface area contributed by atoms with E-state index in [1.54, 1.807) is 0 Å². The lowest BCUT2D eigenvalue weighted by atomic mass is 10.0. The number of carbonyl (C=O) groups excluding carboxylic acids is 1. The van der Waals surface area contributed by atoms with Gasteiger partial charge in [-0.2, -0.15) is 0 Å². The number of fused-ring (bicyclic) bond motifs is 1. The zero-order valence-corrected chi connectivity index (χ0v) is 20.1. The van der Waals surface area contributed by atoms with E-state index in [-0.39, 0.29) is 18.6 Å². The van der Waals surface area contributed by atoms with Crippen LogP contribution in [-0.4, -0.2) is 53.5 Å². The second kappa shape index (κ2) is 9.79. The van der Waals surface area contributed by atoms with Gasteiger partial charge in [0, 0.05) is 43.8 Å². The van der Waals surface area contributed by atoms with Crippen LogP contribution in [0.15, 0.2) is 42.5 Å². The van der Waals surface area contributed by atoms with Crippen molar-refractivity contribution in [2.24, 2.45) is 0 Å². The zero-order chi connectivity index (χ0) is 23.5. The number of pyridine rings is 1. The molecule has 2 N–H and O–H groups in total. The third kappa shape index (κ3) is 5.11. The first-order chi connectivity index (χ1) is 15.8. The van der Waals surface area contributed by atoms with Gasteiger partial charge in [0.25, 0.3) is 5.91 Å². The fraction of sp³-hybridized carbons (Fsp3) is 0.407. The number of rotatable bonds is 6. The summed E-state index contributed by atoms with van der Waals surface area (Å²) in [6, 6.07) is 14.6. The van der Waals surface area contributed by atoms with Crippen LogP contribution in [0.2, 0.25) is 0 Å². The minimum absolute atomic E-state index is 0.0103. The molecular weight excluding hydrogens is 412 g/mol. The molecule has 1 aliphatic heterocycles. The molecule has 1 saturated heterocycles. The number of anilines is 1. The van der Waals surface area contributed by atoms with Gasteiger partial charge in [0.2, 0.25) is 0 Å². The first-order valence-corrected chi connectivity index (χ1v) is 11.6. The highest BCUT2D eigenvalue weighted by molar-refractivity contribution is 5.78. The van der Waals surface area contributed by atoms with Gasteiger partial charge in [-0.1, -0.05) is 24.3 Å². The van der Waals surface area contributed by atoms with E-state index in [1.165, 1.54) is 5.39 Å². The molecule has 0 radical (unpaired) electrons. The Balaban J connectivity index is 1.28. The molecule has 0 aliphatic carbocycles. The number of hydrogen-bond donors (Lipinski definition) is 1. The second-order valence-electron chi connectivity index (χ2n) is 9.15. The first-order valence-electron chi connectivity index (χ1n) is 11.6. The van der Waals surface area contributed by atoms with Gasteiger partial charge < -0.3 is 15.4 Å². The number of nitrogen functional groups attached to an aromatic ring is 1. The molecule has 6 heteroatoms. The maximum absolute atomic E-state index is 12.8. The second-order valence-corrected chi connectivity index (χ2v) is 9.15. The topological polar surface area (TPSA) is 71.7 Å². The Kier molecular flexibility index (Phi) is 6.84. The molecule has 0 saturated carbocycles. The van der Waals surface area contributed by atoms with Crippen molar-refractivity contribution in [2.75, 3.05) is 32.5 Å². The average molecular weight is 447 g/mol. The molecule has 6 nitrogen and oxygen atoms in total. The number of aromatic nitrogens is 1. The molecule has 2 heterocycles. The molecule has 0 unspecified atom stereocenters. The standard InChI is InChI=1S/C27H34N4O2/c1-18-15-25(19(2)20(3)27(18)28)33-17-26(32)30(4)23-11-13-31(14-12-23)16-22-10-9-21-7-5-6-8-24(21)29-22/h5-10,15,23H,11-14,16-17,28H2,1-4H3. The Morgan fingerprint density at radius 3 is 2.61 bits per heavy atom. The van der Waals surface area contributed by atoms with Gasteiger partial charge in [-0.05, 0) is 68.5 Å². The average Bonchev–Trinajstić information content (AvgIpc) is 2.84. The van der Waals surface area contributed by atoms with Gasteiger partial charge in [0.05, 0.1) is 11.2 Å². The molecule has 174 valence electrons. The highest BCUT2D eigenvalue weighted by Gasteiger charge is 2.26. The van der Waals surface area contributed by atoms with Gasteiger partial charge in [-0.25, -0.2) is 0 Å². The van der Waals surface area contributed by atoms with Crippen LogP contribution in [0.25, 0.3) is 10.9 Å². The number of benzene rings is 2. The number of likely N-dealkylation sites (N-methyl/N-ethyl adjacent to an activating group) is 1. The Labute approximate surface area is 196 Å². The van der Waals surface area contributed by atoms with E-state index in [1.807, 2.05) is 50.9 Å². The summed E-state index contributed by atoms with van der Waals surface area (Å²) >= 11 is 0. The van der Waals surface area contributed by atoms with Crippen molar-refractivity contribution in [3.05, 3.63) is 64.8 Å². The van der Waals surface area contributed by atoms with E-state index in [4.69, 9.17) is 15.5 Å². The molecule has 4 rings (SSSR count). The van der Waals surface area contributed by atoms with Crippen molar-refractivity contribution >= 4 is 22.5 Å². The molecule has 1 aromatic heterocycles. The van der Waals surface area contributed by atoms with E-state index < -0.39 is 0 Å². The summed E-state index contributed by atoms with van der Waals surface area (Å²) in [5.41, 5.74) is 12.0. The number of para-hydroxylation sites is 1. The Hall–Kier alpha value is -3.12. The van der Waals surface area contributed by atoms with Crippen molar-refractivity contribution in [1.29, 1.82) is 0 Å². The molecule has 1 fully saturated rings. The summed E-state index contributed by atoms with van der Waals surface area (Å²) in [6.07, 6.45) is 1.91. The lowest BCUT2D eigenvalue weighted by Gasteiger charge is -2.36. The summed E-state index contributed by atoms with van der Waals surface area (Å²) in [7, 11) is 1.89. The molecule has 2 aromatic carbocycles. The van der Waals surface area contributed by atoms with Crippen LogP contribution in [0.3, 0.4) is 0 Å². The van der Waals surface area contributed by atoms with Crippen LogP contribution < -0.4 is 10.5 Å². The summed E-state index contributed by atoms with van der Waals surface area (Å²) in [6.45, 7) is 8.72. The number of ether oxygens (including phenoxy) is 1. The number of nitrogens with two attached hydrogens (primary N) is 1. The summed E-state index contributed by atoms with van der Waals surface area (Å²) in [5.74, 6) is 0.745. The number of hydrogen-bond acceptors (Lipinski definition) is 5. The quantitative estimate of drug-likeness (QED) is 0.574. The smallest absolute Gasteiger partial charge is 0.260 e.